The van der Waals surface area contributed by atoms with Crippen molar-refractivity contribution >= 4 is 41.2 Å². The Bertz CT molecular complexity index is 1730. The summed E-state index contributed by atoms with van der Waals surface area (Å²) in [7, 11) is 5.04. The minimum absolute atomic E-state index is 0.235. The third-order valence-electron chi connectivity index (χ3n) is 7.82. The Morgan fingerprint density at radius 2 is 1.46 bits per heavy atom. The summed E-state index contributed by atoms with van der Waals surface area (Å²) in [6.07, 6.45) is 7.22. The number of benzene rings is 2. The summed E-state index contributed by atoms with van der Waals surface area (Å²) >= 11 is 0. The molecule has 1 fully saturated rings. The standard InChI is InChI=1S/C34H38N6O6/c1-38-23-28(20-30(38)33(42)35-13-14-40(44)15-17-46-18-16-40)37-34(43)31-21-27(22-39(31)2)36-32(41)26-11-9-24(10-12-26)7-8-25-5-4-6-29(19-25)45-3/h4-12,19-23H,13-18H2,1-3H3,(H,35,42)(H,36,41)(H,37,43)/b8-7+. The second kappa shape index (κ2) is 14.3. The number of ether oxygens (including phenoxy) is 2. The maximum absolute atomic E-state index is 13.1. The summed E-state index contributed by atoms with van der Waals surface area (Å²) in [5.41, 5.74) is 3.97. The van der Waals surface area contributed by atoms with Crippen LogP contribution in [-0.2, 0) is 18.8 Å². The molecule has 0 unspecified atom stereocenters. The largest absolute Gasteiger partial charge is 0.633 e. The maximum Gasteiger partial charge on any atom is 0.272 e. The number of morpholine rings is 1. The predicted octanol–water partition coefficient (Wildman–Crippen LogP) is 4.12. The number of rotatable bonds is 11. The molecule has 240 valence electrons. The Hall–Kier alpha value is -5.17. The Morgan fingerprint density at radius 3 is 2.11 bits per heavy atom. The topological polar surface area (TPSA) is 139 Å². The van der Waals surface area contributed by atoms with E-state index in [1.54, 1.807) is 67.0 Å². The number of anilines is 2. The van der Waals surface area contributed by atoms with Crippen molar-refractivity contribution in [1.82, 2.24) is 14.5 Å². The van der Waals surface area contributed by atoms with E-state index in [-0.39, 0.29) is 29.6 Å². The fourth-order valence-electron chi connectivity index (χ4n) is 5.16. The lowest BCUT2D eigenvalue weighted by atomic mass is 10.1. The highest BCUT2D eigenvalue weighted by molar-refractivity contribution is 6.07. The van der Waals surface area contributed by atoms with Crippen LogP contribution in [0.15, 0.2) is 73.1 Å². The normalized spacial score (nSPS) is 14.2. The van der Waals surface area contributed by atoms with Gasteiger partial charge in [0.05, 0.1) is 44.8 Å². The van der Waals surface area contributed by atoms with Crippen molar-refractivity contribution in [2.24, 2.45) is 14.1 Å². The maximum atomic E-state index is 13.1. The van der Waals surface area contributed by atoms with E-state index in [1.807, 2.05) is 48.6 Å². The number of carbonyl (C=O) groups is 3. The van der Waals surface area contributed by atoms with Crippen molar-refractivity contribution in [2.75, 3.05) is 57.1 Å². The van der Waals surface area contributed by atoms with Crippen molar-refractivity contribution in [3.63, 3.8) is 0 Å². The van der Waals surface area contributed by atoms with Gasteiger partial charge in [0.15, 0.2) is 0 Å². The van der Waals surface area contributed by atoms with Crippen molar-refractivity contribution in [3.05, 3.63) is 106 Å². The van der Waals surface area contributed by atoms with E-state index in [1.165, 1.54) is 0 Å². The zero-order chi connectivity index (χ0) is 32.7. The van der Waals surface area contributed by atoms with Gasteiger partial charge in [0.1, 0.15) is 30.2 Å². The Kier molecular flexibility index (Phi) is 10.0. The summed E-state index contributed by atoms with van der Waals surface area (Å²) in [5, 5.41) is 21.1. The van der Waals surface area contributed by atoms with Crippen molar-refractivity contribution in [1.29, 1.82) is 0 Å². The van der Waals surface area contributed by atoms with E-state index in [4.69, 9.17) is 9.47 Å². The van der Waals surface area contributed by atoms with Gasteiger partial charge in [0, 0.05) is 32.1 Å². The molecule has 0 atom stereocenters. The number of carbonyl (C=O) groups excluding carboxylic acids is 3. The molecule has 0 aliphatic carbocycles. The molecule has 0 saturated carbocycles. The molecule has 1 saturated heterocycles. The van der Waals surface area contributed by atoms with E-state index < -0.39 is 5.91 Å². The first-order valence-electron chi connectivity index (χ1n) is 14.9. The van der Waals surface area contributed by atoms with E-state index in [2.05, 4.69) is 16.0 Å². The van der Waals surface area contributed by atoms with Crippen molar-refractivity contribution in [3.8, 4) is 5.75 Å². The van der Waals surface area contributed by atoms with Crippen molar-refractivity contribution in [2.45, 2.75) is 0 Å². The number of amides is 3. The lowest BCUT2D eigenvalue weighted by molar-refractivity contribution is -0.887. The number of hydroxylamine groups is 3. The minimum Gasteiger partial charge on any atom is -0.633 e. The highest BCUT2D eigenvalue weighted by Crippen LogP contribution is 2.20. The SMILES string of the molecule is COc1cccc(/C=C/c2ccc(C(=O)Nc3cc(C(=O)Nc4cc(C(=O)NCC[N+]5([O-])CCOCC5)n(C)c4)n(C)c3)cc2)c1. The molecule has 3 heterocycles. The zero-order valence-corrected chi connectivity index (χ0v) is 26.1. The Labute approximate surface area is 267 Å². The van der Waals surface area contributed by atoms with E-state index >= 15 is 0 Å². The number of nitrogens with one attached hydrogen (secondary N) is 3. The van der Waals surface area contributed by atoms with E-state index in [0.29, 0.717) is 54.6 Å². The minimum atomic E-state index is -0.405. The molecular formula is C34H38N6O6. The van der Waals surface area contributed by atoms with Crippen molar-refractivity contribution < 1.29 is 28.5 Å². The zero-order valence-electron chi connectivity index (χ0n) is 26.1. The van der Waals surface area contributed by atoms with Crippen LogP contribution in [0.1, 0.15) is 42.5 Å². The number of nitrogens with zero attached hydrogens (tertiary/aromatic N) is 3. The molecule has 0 radical (unpaired) electrons. The lowest BCUT2D eigenvalue weighted by Crippen LogP contribution is -2.53. The molecule has 12 nitrogen and oxygen atoms in total. The van der Waals surface area contributed by atoms with Gasteiger partial charge < -0.3 is 44.4 Å². The van der Waals surface area contributed by atoms with Gasteiger partial charge in [-0.25, -0.2) is 0 Å². The van der Waals surface area contributed by atoms with E-state index in [0.717, 1.165) is 16.9 Å². The fraction of sp³-hybridized carbons (Fsp3) is 0.265. The van der Waals surface area contributed by atoms with Gasteiger partial charge in [0.2, 0.25) is 0 Å². The van der Waals surface area contributed by atoms with Gasteiger partial charge in [-0.15, -0.1) is 0 Å². The fourth-order valence-corrected chi connectivity index (χ4v) is 5.16. The molecule has 5 rings (SSSR count). The summed E-state index contributed by atoms with van der Waals surface area (Å²) in [6.45, 7) is 2.09. The van der Waals surface area contributed by atoms with Crippen LogP contribution >= 0.6 is 0 Å². The van der Waals surface area contributed by atoms with Crippen LogP contribution in [0.5, 0.6) is 5.75 Å². The molecular weight excluding hydrogens is 588 g/mol. The quantitative estimate of drug-likeness (QED) is 0.130. The molecule has 1 aliphatic rings. The Balaban J connectivity index is 1.15. The van der Waals surface area contributed by atoms with Gasteiger partial charge in [-0.3, -0.25) is 14.4 Å². The molecule has 2 aromatic heterocycles. The number of aromatic nitrogens is 2. The molecule has 0 bridgehead atoms. The lowest BCUT2D eigenvalue weighted by Gasteiger charge is -2.45. The summed E-state index contributed by atoms with van der Waals surface area (Å²) in [4.78, 5) is 38.8. The molecule has 3 N–H and O–H groups in total. The first kappa shape index (κ1) is 32.2. The summed E-state index contributed by atoms with van der Waals surface area (Å²) in [6, 6.07) is 18.1. The summed E-state index contributed by atoms with van der Waals surface area (Å²) in [5.74, 6) is -0.273. The number of aryl methyl sites for hydroxylation is 2. The van der Waals surface area contributed by atoms with Crippen LogP contribution in [0.25, 0.3) is 12.2 Å². The predicted molar refractivity (Wildman–Crippen MR) is 176 cm³/mol. The number of methoxy groups -OCH3 is 1. The van der Waals surface area contributed by atoms with Crippen LogP contribution in [0, 0.1) is 5.21 Å². The van der Waals surface area contributed by atoms with E-state index in [9.17, 15) is 19.6 Å². The van der Waals surface area contributed by atoms with Gasteiger partial charge in [-0.05, 0) is 47.5 Å². The van der Waals surface area contributed by atoms with Gasteiger partial charge in [-0.1, -0.05) is 36.4 Å². The van der Waals surface area contributed by atoms with Crippen LogP contribution in [0.3, 0.4) is 0 Å². The highest BCUT2D eigenvalue weighted by Gasteiger charge is 2.22. The number of hydrogen-bond donors (Lipinski definition) is 3. The van der Waals surface area contributed by atoms with Gasteiger partial charge in [0.25, 0.3) is 17.7 Å². The Morgan fingerprint density at radius 1 is 0.848 bits per heavy atom. The average Bonchev–Trinajstić information content (AvgIpc) is 3.61. The molecule has 2 aromatic carbocycles. The summed E-state index contributed by atoms with van der Waals surface area (Å²) < 4.78 is 13.3. The molecule has 1 aliphatic heterocycles. The third kappa shape index (κ3) is 8.10. The molecule has 3 amide bonds. The number of hydrogen-bond acceptors (Lipinski definition) is 6. The second-order valence-corrected chi connectivity index (χ2v) is 11.2. The third-order valence-corrected chi connectivity index (χ3v) is 7.82. The van der Waals surface area contributed by atoms with Crippen LogP contribution < -0.4 is 20.7 Å². The first-order valence-corrected chi connectivity index (χ1v) is 14.9. The molecule has 4 aromatic rings. The van der Waals surface area contributed by atoms with Crippen LogP contribution in [0.2, 0.25) is 0 Å². The smallest absolute Gasteiger partial charge is 0.272 e. The first-order chi connectivity index (χ1) is 22.1. The highest BCUT2D eigenvalue weighted by atomic mass is 16.6. The molecule has 0 spiro atoms. The molecule has 46 heavy (non-hydrogen) atoms. The van der Waals surface area contributed by atoms with Gasteiger partial charge >= 0.3 is 0 Å². The second-order valence-electron chi connectivity index (χ2n) is 11.2. The monoisotopic (exact) mass is 626 g/mol. The molecule has 12 heteroatoms. The van der Waals surface area contributed by atoms with Crippen LogP contribution in [0.4, 0.5) is 11.4 Å². The number of quaternary nitrogens is 1. The average molecular weight is 627 g/mol. The van der Waals surface area contributed by atoms with Crippen LogP contribution in [-0.4, -0.2) is 78.0 Å². The van der Waals surface area contributed by atoms with Gasteiger partial charge in [-0.2, -0.15) is 0 Å².